The second kappa shape index (κ2) is 14.8. The first-order valence-corrected chi connectivity index (χ1v) is 22.1. The molecule has 0 aromatic heterocycles. The van der Waals surface area contributed by atoms with Crippen LogP contribution in [0, 0.1) is 0 Å². The van der Waals surface area contributed by atoms with Gasteiger partial charge >= 0.3 is 317 Å². The van der Waals surface area contributed by atoms with Crippen molar-refractivity contribution in [2.24, 2.45) is 0 Å². The number of benzene rings is 6. The fourth-order valence-electron chi connectivity index (χ4n) is 8.11. The van der Waals surface area contributed by atoms with Crippen LogP contribution in [0.4, 0.5) is 0 Å². The average molecular weight is 840 g/mol. The van der Waals surface area contributed by atoms with Crippen LogP contribution in [0.5, 0.6) is 0 Å². The molecule has 52 heavy (non-hydrogen) atoms. The first-order chi connectivity index (χ1) is 23.9. The van der Waals surface area contributed by atoms with E-state index in [0.717, 1.165) is 33.7 Å². The van der Waals surface area contributed by atoms with Gasteiger partial charge in [-0.3, -0.25) is 0 Å². The molecule has 0 nitrogen and oxygen atoms in total. The minimum absolute atomic E-state index is 0. The molecule has 0 radical (unpaired) electrons. The van der Waals surface area contributed by atoms with Crippen molar-refractivity contribution in [3.63, 3.8) is 0 Å². The largest absolute Gasteiger partial charge is 1.00 e. The van der Waals surface area contributed by atoms with E-state index in [1.807, 2.05) is 0 Å². The molecule has 0 aliphatic heterocycles. The second-order valence-electron chi connectivity index (χ2n) is 15.9. The summed E-state index contributed by atoms with van der Waals surface area (Å²) in [5.41, 5.74) is 11.3. The van der Waals surface area contributed by atoms with Crippen LogP contribution in [0.25, 0.3) is 32.7 Å². The third-order valence-corrected chi connectivity index (χ3v) is 19.0. The predicted molar refractivity (Wildman–Crippen MR) is 215 cm³/mol. The zero-order valence-electron chi connectivity index (χ0n) is 30.5. The van der Waals surface area contributed by atoms with Gasteiger partial charge in [-0.2, -0.15) is 0 Å². The Morgan fingerprint density at radius 3 is 1.69 bits per heavy atom. The molecule has 0 fully saturated rings. The van der Waals surface area contributed by atoms with E-state index in [2.05, 4.69) is 163 Å². The number of allylic oxidation sites excluding steroid dienone is 4. The van der Waals surface area contributed by atoms with Crippen molar-refractivity contribution in [2.45, 2.75) is 65.2 Å². The standard InChI is InChI=1S/C21H12Cl2.C21H25.C5H5.2ClH.Zr/c22-20-11-9-14(16-5-1-3-7-18(16)20)13-15-10-12-21(23)19-8-4-2-6-17(15)19;1-20(2,3)16-7-9-18-14(12-16)11-15-13-17(21(4,5)6)8-10-19(15)18;1-2-4-5-3-1;;;/h1-12H;7-10,12H,11H2,1-6H3;1-3H,4H2;2*1H;/q;;;;;+2/p-2. The van der Waals surface area contributed by atoms with Gasteiger partial charge in [0.1, 0.15) is 0 Å². The van der Waals surface area contributed by atoms with E-state index >= 15 is 0 Å². The molecule has 2 aliphatic carbocycles. The van der Waals surface area contributed by atoms with Crippen LogP contribution in [-0.2, 0) is 38.5 Å². The monoisotopic (exact) mass is 836 g/mol. The summed E-state index contributed by atoms with van der Waals surface area (Å²) >= 11 is 10.8. The Kier molecular flexibility index (Phi) is 11.1. The first kappa shape index (κ1) is 38.9. The Balaban J connectivity index is 0.00000232. The van der Waals surface area contributed by atoms with E-state index in [1.165, 1.54) is 58.5 Å². The van der Waals surface area contributed by atoms with Crippen LogP contribution in [0.3, 0.4) is 0 Å². The second-order valence-corrected chi connectivity index (χ2v) is 22.6. The molecule has 262 valence electrons. The normalized spacial score (nSPS) is 13.2. The maximum absolute atomic E-state index is 6.95. The molecule has 0 saturated carbocycles. The van der Waals surface area contributed by atoms with Crippen LogP contribution in [-0.4, -0.2) is 3.21 Å². The molecule has 0 saturated heterocycles. The number of halogens is 4. The Morgan fingerprint density at radius 1 is 0.615 bits per heavy atom. The molecule has 0 N–H and O–H groups in total. The summed E-state index contributed by atoms with van der Waals surface area (Å²) in [6.07, 6.45) is 9.06. The fourth-order valence-corrected chi connectivity index (χ4v) is 17.7. The van der Waals surface area contributed by atoms with Crippen molar-refractivity contribution in [1.82, 2.24) is 0 Å². The van der Waals surface area contributed by atoms with Crippen LogP contribution >= 0.6 is 23.2 Å². The van der Waals surface area contributed by atoms with Gasteiger partial charge in [0, 0.05) is 0 Å². The van der Waals surface area contributed by atoms with Crippen molar-refractivity contribution >= 4 is 51.2 Å². The minimum atomic E-state index is -3.10. The van der Waals surface area contributed by atoms with Crippen molar-refractivity contribution in [3.05, 3.63) is 168 Å². The molecule has 0 amide bonds. The minimum Gasteiger partial charge on any atom is -1.00 e. The molecule has 5 heteroatoms. The van der Waals surface area contributed by atoms with E-state index in [0.29, 0.717) is 0 Å². The molecule has 0 heterocycles. The summed E-state index contributed by atoms with van der Waals surface area (Å²) in [6.45, 7) is 14.2. The van der Waals surface area contributed by atoms with Crippen LogP contribution in [0.1, 0.15) is 81.3 Å². The van der Waals surface area contributed by atoms with E-state index in [4.69, 9.17) is 23.2 Å². The number of hydrogen-bond acceptors (Lipinski definition) is 0. The third-order valence-electron chi connectivity index (χ3n) is 10.6. The fraction of sp³-hybridized carbons (Fsp3) is 0.213. The smallest absolute Gasteiger partial charge is 1.00 e. The Morgan fingerprint density at radius 2 is 1.17 bits per heavy atom. The maximum Gasteiger partial charge on any atom is -1.00 e. The van der Waals surface area contributed by atoms with Gasteiger partial charge in [0.2, 0.25) is 0 Å². The molecule has 8 rings (SSSR count). The molecular formula is C47H42Cl4Zr. The summed E-state index contributed by atoms with van der Waals surface area (Å²) in [7, 11) is 0. The van der Waals surface area contributed by atoms with Crippen molar-refractivity contribution in [1.29, 1.82) is 0 Å². The van der Waals surface area contributed by atoms with Crippen molar-refractivity contribution in [3.8, 4) is 11.1 Å². The van der Waals surface area contributed by atoms with Crippen molar-refractivity contribution in [2.75, 3.05) is 0 Å². The zero-order chi connectivity index (χ0) is 34.9. The summed E-state index contributed by atoms with van der Waals surface area (Å²) in [5.74, 6) is 0. The van der Waals surface area contributed by atoms with Crippen LogP contribution < -0.4 is 28.1 Å². The summed E-state index contributed by atoms with van der Waals surface area (Å²) in [4.78, 5) is 0. The molecule has 6 aromatic rings. The van der Waals surface area contributed by atoms with E-state index in [-0.39, 0.29) is 35.6 Å². The van der Waals surface area contributed by atoms with Gasteiger partial charge in [0.15, 0.2) is 0 Å². The van der Waals surface area contributed by atoms with E-state index in [9.17, 15) is 0 Å². The van der Waals surface area contributed by atoms with Gasteiger partial charge < -0.3 is 24.8 Å². The third kappa shape index (κ3) is 6.76. The zero-order valence-corrected chi connectivity index (χ0v) is 36.0. The maximum atomic E-state index is 6.95. The Labute approximate surface area is 338 Å². The Hall–Kier alpha value is -2.77. The van der Waals surface area contributed by atoms with Crippen LogP contribution in [0.15, 0.2) is 125 Å². The molecule has 0 bridgehead atoms. The molecule has 2 aliphatic rings. The van der Waals surface area contributed by atoms with Gasteiger partial charge in [0.25, 0.3) is 0 Å². The summed E-state index contributed by atoms with van der Waals surface area (Å²) in [6, 6.07) is 38.4. The predicted octanol–water partition coefficient (Wildman–Crippen LogP) is 6.83. The summed E-state index contributed by atoms with van der Waals surface area (Å²) in [5, 5.41) is 6.19. The average Bonchev–Trinajstić information content (AvgIpc) is 3.76. The molecule has 6 aromatic carbocycles. The first-order valence-electron chi connectivity index (χ1n) is 17.7. The van der Waals surface area contributed by atoms with Gasteiger partial charge in [-0.25, -0.2) is 0 Å². The molecule has 0 unspecified atom stereocenters. The van der Waals surface area contributed by atoms with Gasteiger partial charge in [-0.15, -0.1) is 0 Å². The van der Waals surface area contributed by atoms with Crippen molar-refractivity contribution < 1.29 is 46.1 Å². The number of rotatable bonds is 4. The molecular weight excluding hydrogens is 798 g/mol. The number of fused-ring (bicyclic) bond motifs is 5. The van der Waals surface area contributed by atoms with E-state index < -0.39 is 21.3 Å². The topological polar surface area (TPSA) is 0 Å². The van der Waals surface area contributed by atoms with E-state index in [1.54, 1.807) is 6.55 Å². The SMILES string of the molecule is CC(C)(C)c1ccc2c(c1)Cc1c-2ccc(C(C)(C)C)[c]1[Zr+2]([C]1=CC=CC1)=[C](c1ccc(Cl)c2ccccc12)c1ccc(Cl)c2ccccc12.[Cl-].[Cl-]. The van der Waals surface area contributed by atoms with Gasteiger partial charge in [-0.05, 0) is 0 Å². The molecule has 0 atom stereocenters. The van der Waals surface area contributed by atoms with Gasteiger partial charge in [-0.1, -0.05) is 0 Å². The van der Waals surface area contributed by atoms with Gasteiger partial charge in [0.05, 0.1) is 0 Å². The summed E-state index contributed by atoms with van der Waals surface area (Å²) < 4.78 is 4.73. The van der Waals surface area contributed by atoms with Crippen LogP contribution in [0.2, 0.25) is 10.0 Å². The quantitative estimate of drug-likeness (QED) is 0.183. The molecule has 0 spiro atoms. The number of hydrogen-bond donors (Lipinski definition) is 0. The Bertz CT molecular complexity index is 2380.